The molecule has 0 aliphatic rings. The molecule has 0 saturated heterocycles. The minimum atomic E-state index is -4.33. The van der Waals surface area contributed by atoms with Crippen LogP contribution in [0.5, 0.6) is 0 Å². The topological polar surface area (TPSA) is 45.0 Å². The molecule has 0 aliphatic carbocycles. The van der Waals surface area contributed by atoms with Gasteiger partial charge in [-0.1, -0.05) is 11.6 Å². The monoisotopic (exact) mass is 278 g/mol. The van der Waals surface area contributed by atoms with Crippen LogP contribution in [0.2, 0.25) is 5.02 Å². The van der Waals surface area contributed by atoms with E-state index in [4.69, 9.17) is 16.9 Å². The van der Waals surface area contributed by atoms with Crippen LogP contribution in [0.1, 0.15) is 5.56 Å². The fourth-order valence-corrected chi connectivity index (χ4v) is 1.38. The molecule has 1 N–H and O–H groups in total. The predicted molar refractivity (Wildman–Crippen MR) is 61.5 cm³/mol. The number of nitrogens with one attached hydrogen (secondary N) is 1. The number of nitrogens with zero attached hydrogens (tertiary/aromatic N) is 1. The fraction of sp³-hybridized carbons (Fsp3) is 0.364. The highest BCUT2D eigenvalue weighted by Gasteiger charge is 2.27. The minimum absolute atomic E-state index is 0.114. The summed E-state index contributed by atoms with van der Waals surface area (Å²) in [6.45, 7) is -1.24. The van der Waals surface area contributed by atoms with E-state index in [0.717, 1.165) is 0 Å². The number of alkyl halides is 3. The zero-order chi connectivity index (χ0) is 13.6. The first-order valence-electron chi connectivity index (χ1n) is 5.00. The predicted octanol–water partition coefficient (Wildman–Crippen LogP) is 3.20. The standard InChI is InChI=1S/C11H10ClF3N2O/c12-9-2-1-8(6-16)10(5-9)17-3-4-18-7-11(13,14)15/h1-2,5,17H,3-4,7H2. The van der Waals surface area contributed by atoms with Crippen molar-refractivity contribution in [3.63, 3.8) is 0 Å². The lowest BCUT2D eigenvalue weighted by atomic mass is 10.2. The van der Waals surface area contributed by atoms with E-state index in [1.807, 2.05) is 6.07 Å². The molecule has 0 bridgehead atoms. The molecule has 7 heteroatoms. The molecule has 0 spiro atoms. The van der Waals surface area contributed by atoms with E-state index in [1.165, 1.54) is 12.1 Å². The van der Waals surface area contributed by atoms with E-state index in [1.54, 1.807) is 6.07 Å². The molecular formula is C11H10ClF3N2O. The summed E-state index contributed by atoms with van der Waals surface area (Å²) >= 11 is 5.74. The third kappa shape index (κ3) is 5.25. The summed E-state index contributed by atoms with van der Waals surface area (Å²) in [7, 11) is 0. The van der Waals surface area contributed by atoms with Gasteiger partial charge in [0.15, 0.2) is 0 Å². The van der Waals surface area contributed by atoms with Crippen LogP contribution < -0.4 is 5.32 Å². The second-order valence-corrected chi connectivity index (χ2v) is 3.83. The first kappa shape index (κ1) is 14.6. The molecule has 0 unspecified atom stereocenters. The Labute approximate surface area is 107 Å². The van der Waals surface area contributed by atoms with Crippen molar-refractivity contribution in [2.45, 2.75) is 6.18 Å². The Morgan fingerprint density at radius 3 is 2.72 bits per heavy atom. The number of halogens is 4. The third-order valence-corrected chi connectivity index (χ3v) is 2.16. The lowest BCUT2D eigenvalue weighted by Gasteiger charge is -2.10. The molecule has 0 aromatic heterocycles. The Bertz CT molecular complexity index is 443. The van der Waals surface area contributed by atoms with Crippen LogP contribution in [0.15, 0.2) is 18.2 Å². The molecule has 1 aromatic rings. The van der Waals surface area contributed by atoms with E-state index in [9.17, 15) is 13.2 Å². The van der Waals surface area contributed by atoms with Crippen molar-refractivity contribution in [3.8, 4) is 6.07 Å². The van der Waals surface area contributed by atoms with Crippen molar-refractivity contribution in [2.75, 3.05) is 25.1 Å². The van der Waals surface area contributed by atoms with Crippen molar-refractivity contribution in [2.24, 2.45) is 0 Å². The number of benzene rings is 1. The quantitative estimate of drug-likeness (QED) is 0.841. The molecule has 1 rings (SSSR count). The Kier molecular flexibility index (Phi) is 5.25. The average Bonchev–Trinajstić information content (AvgIpc) is 2.27. The van der Waals surface area contributed by atoms with E-state index < -0.39 is 12.8 Å². The minimum Gasteiger partial charge on any atom is -0.382 e. The number of hydrogen-bond acceptors (Lipinski definition) is 3. The molecule has 0 fully saturated rings. The zero-order valence-electron chi connectivity index (χ0n) is 9.22. The molecule has 0 atom stereocenters. The Hall–Kier alpha value is -1.45. The fourth-order valence-electron chi connectivity index (χ4n) is 1.21. The summed E-state index contributed by atoms with van der Waals surface area (Å²) in [5, 5.41) is 12.0. The highest BCUT2D eigenvalue weighted by atomic mass is 35.5. The molecule has 0 amide bonds. The van der Waals surface area contributed by atoms with Gasteiger partial charge in [-0.25, -0.2) is 0 Å². The van der Waals surface area contributed by atoms with Crippen LogP contribution >= 0.6 is 11.6 Å². The van der Waals surface area contributed by atoms with Crippen LogP contribution in [0.3, 0.4) is 0 Å². The second-order valence-electron chi connectivity index (χ2n) is 3.40. The van der Waals surface area contributed by atoms with Gasteiger partial charge in [-0.15, -0.1) is 0 Å². The van der Waals surface area contributed by atoms with Gasteiger partial charge >= 0.3 is 6.18 Å². The second kappa shape index (κ2) is 6.47. The SMILES string of the molecule is N#Cc1ccc(Cl)cc1NCCOCC(F)(F)F. The smallest absolute Gasteiger partial charge is 0.382 e. The maximum atomic E-state index is 11.8. The normalized spacial score (nSPS) is 11.1. The van der Waals surface area contributed by atoms with Crippen LogP contribution in [0.25, 0.3) is 0 Å². The lowest BCUT2D eigenvalue weighted by molar-refractivity contribution is -0.172. The Morgan fingerprint density at radius 2 is 2.11 bits per heavy atom. The van der Waals surface area contributed by atoms with Crippen molar-refractivity contribution in [3.05, 3.63) is 28.8 Å². The van der Waals surface area contributed by atoms with Gasteiger partial charge in [-0.05, 0) is 18.2 Å². The molecule has 0 aliphatic heterocycles. The number of ether oxygens (including phenoxy) is 1. The first-order valence-corrected chi connectivity index (χ1v) is 5.38. The van der Waals surface area contributed by atoms with Crippen molar-refractivity contribution in [1.29, 1.82) is 5.26 Å². The molecule has 3 nitrogen and oxygen atoms in total. The highest BCUT2D eigenvalue weighted by molar-refractivity contribution is 6.30. The van der Waals surface area contributed by atoms with E-state index in [2.05, 4.69) is 10.1 Å². The maximum Gasteiger partial charge on any atom is 0.411 e. The van der Waals surface area contributed by atoms with Gasteiger partial charge in [-0.3, -0.25) is 0 Å². The van der Waals surface area contributed by atoms with Crippen molar-refractivity contribution < 1.29 is 17.9 Å². The Morgan fingerprint density at radius 1 is 1.39 bits per heavy atom. The lowest BCUT2D eigenvalue weighted by Crippen LogP contribution is -2.20. The molecular weight excluding hydrogens is 269 g/mol. The summed E-state index contributed by atoms with van der Waals surface area (Å²) in [4.78, 5) is 0. The molecule has 0 radical (unpaired) electrons. The first-order chi connectivity index (χ1) is 8.42. The number of anilines is 1. The third-order valence-electron chi connectivity index (χ3n) is 1.93. The van der Waals surface area contributed by atoms with E-state index in [-0.39, 0.29) is 13.2 Å². The highest BCUT2D eigenvalue weighted by Crippen LogP contribution is 2.20. The molecule has 0 saturated carbocycles. The number of hydrogen-bond donors (Lipinski definition) is 1. The molecule has 0 heterocycles. The summed E-state index contributed by atoms with van der Waals surface area (Å²) in [5.41, 5.74) is 0.843. The number of nitriles is 1. The average molecular weight is 279 g/mol. The van der Waals surface area contributed by atoms with Gasteiger partial charge in [-0.2, -0.15) is 18.4 Å². The Balaban J connectivity index is 2.40. The molecule has 98 valence electrons. The molecule has 1 aromatic carbocycles. The van der Waals surface area contributed by atoms with Crippen LogP contribution in [-0.4, -0.2) is 25.9 Å². The summed E-state index contributed by atoms with van der Waals surface area (Å²) < 4.78 is 39.7. The van der Waals surface area contributed by atoms with Gasteiger partial charge in [0.05, 0.1) is 17.9 Å². The van der Waals surface area contributed by atoms with Gasteiger partial charge < -0.3 is 10.1 Å². The number of rotatable bonds is 5. The summed E-state index contributed by atoms with van der Waals surface area (Å²) in [6.07, 6.45) is -4.33. The van der Waals surface area contributed by atoms with E-state index in [0.29, 0.717) is 16.3 Å². The largest absolute Gasteiger partial charge is 0.411 e. The van der Waals surface area contributed by atoms with E-state index >= 15 is 0 Å². The maximum absolute atomic E-state index is 11.8. The summed E-state index contributed by atoms with van der Waals surface area (Å²) in [5.74, 6) is 0. The zero-order valence-corrected chi connectivity index (χ0v) is 9.98. The van der Waals surface area contributed by atoms with Crippen LogP contribution in [0, 0.1) is 11.3 Å². The van der Waals surface area contributed by atoms with Crippen LogP contribution in [0.4, 0.5) is 18.9 Å². The van der Waals surface area contributed by atoms with Gasteiger partial charge in [0, 0.05) is 11.6 Å². The van der Waals surface area contributed by atoms with Gasteiger partial charge in [0.1, 0.15) is 12.7 Å². The molecule has 18 heavy (non-hydrogen) atoms. The van der Waals surface area contributed by atoms with Crippen molar-refractivity contribution in [1.82, 2.24) is 0 Å². The van der Waals surface area contributed by atoms with Gasteiger partial charge in [0.2, 0.25) is 0 Å². The van der Waals surface area contributed by atoms with Gasteiger partial charge in [0.25, 0.3) is 0 Å². The summed E-state index contributed by atoms with van der Waals surface area (Å²) in [6, 6.07) is 6.57. The van der Waals surface area contributed by atoms with Crippen LogP contribution in [-0.2, 0) is 4.74 Å². The van der Waals surface area contributed by atoms with Crippen molar-refractivity contribution >= 4 is 17.3 Å².